The van der Waals surface area contributed by atoms with Gasteiger partial charge in [0.25, 0.3) is 0 Å². The second-order valence-corrected chi connectivity index (χ2v) is 10.8. The Morgan fingerprint density at radius 3 is 2.60 bits per heavy atom. The van der Waals surface area contributed by atoms with E-state index in [4.69, 9.17) is 27.9 Å². The quantitative estimate of drug-likeness (QED) is 0.698. The van der Waals surface area contributed by atoms with E-state index in [1.165, 1.54) is 12.1 Å². The minimum absolute atomic E-state index is 0.158. The summed E-state index contributed by atoms with van der Waals surface area (Å²) in [6.07, 6.45) is 1.57. The molecule has 0 spiro atoms. The molecule has 1 unspecified atom stereocenters. The third-order valence-electron chi connectivity index (χ3n) is 4.82. The first kappa shape index (κ1) is 22.7. The molecule has 162 valence electrons. The number of benzene rings is 2. The van der Waals surface area contributed by atoms with Gasteiger partial charge in [0, 0.05) is 17.0 Å². The van der Waals surface area contributed by atoms with Crippen LogP contribution in [0.1, 0.15) is 37.4 Å². The number of anilines is 1. The van der Waals surface area contributed by atoms with Crippen molar-refractivity contribution in [3.05, 3.63) is 57.6 Å². The van der Waals surface area contributed by atoms with E-state index in [0.29, 0.717) is 17.2 Å². The standard InChI is InChI=1S/C21H24Cl2N2O4S/c1-13-5-8-19-15(9-13)17(11-21(2,3)29-19)24-20(26)12-25(30(4,27)28)18-10-14(22)6-7-16(18)23/h5-10,17H,11-12H2,1-4H3,(H,24,26). The minimum Gasteiger partial charge on any atom is -0.487 e. The van der Waals surface area contributed by atoms with E-state index in [1.807, 2.05) is 39.0 Å². The summed E-state index contributed by atoms with van der Waals surface area (Å²) in [5.74, 6) is 0.256. The number of amides is 1. The summed E-state index contributed by atoms with van der Waals surface area (Å²) in [5, 5.41) is 3.47. The van der Waals surface area contributed by atoms with E-state index < -0.39 is 28.1 Å². The largest absolute Gasteiger partial charge is 0.487 e. The van der Waals surface area contributed by atoms with Crippen molar-refractivity contribution in [2.45, 2.75) is 38.8 Å². The maximum absolute atomic E-state index is 12.9. The van der Waals surface area contributed by atoms with Crippen molar-refractivity contribution < 1.29 is 17.9 Å². The predicted molar refractivity (Wildman–Crippen MR) is 120 cm³/mol. The van der Waals surface area contributed by atoms with Crippen LogP contribution in [0.15, 0.2) is 36.4 Å². The van der Waals surface area contributed by atoms with Gasteiger partial charge in [-0.2, -0.15) is 0 Å². The zero-order valence-electron chi connectivity index (χ0n) is 17.2. The van der Waals surface area contributed by atoms with E-state index >= 15 is 0 Å². The highest BCUT2D eigenvalue weighted by Crippen LogP contribution is 2.40. The van der Waals surface area contributed by atoms with E-state index in [0.717, 1.165) is 21.7 Å². The topological polar surface area (TPSA) is 75.7 Å². The number of carbonyl (C=O) groups excluding carboxylic acids is 1. The van der Waals surface area contributed by atoms with E-state index in [2.05, 4.69) is 5.32 Å². The molecular weight excluding hydrogens is 447 g/mol. The highest BCUT2D eigenvalue weighted by Gasteiger charge is 2.35. The summed E-state index contributed by atoms with van der Waals surface area (Å²) >= 11 is 12.2. The lowest BCUT2D eigenvalue weighted by Crippen LogP contribution is -2.45. The van der Waals surface area contributed by atoms with Crippen LogP contribution in [0.3, 0.4) is 0 Å². The van der Waals surface area contributed by atoms with Gasteiger partial charge in [-0.05, 0) is 45.0 Å². The predicted octanol–water partition coefficient (Wildman–Crippen LogP) is 4.49. The van der Waals surface area contributed by atoms with Crippen molar-refractivity contribution in [2.75, 3.05) is 17.1 Å². The lowest BCUT2D eigenvalue weighted by atomic mass is 9.89. The molecule has 1 aliphatic rings. The highest BCUT2D eigenvalue weighted by molar-refractivity contribution is 7.92. The molecule has 3 rings (SSSR count). The number of carbonyl (C=O) groups is 1. The van der Waals surface area contributed by atoms with Crippen molar-refractivity contribution in [2.24, 2.45) is 0 Å². The van der Waals surface area contributed by atoms with Gasteiger partial charge in [-0.3, -0.25) is 9.10 Å². The van der Waals surface area contributed by atoms with Crippen molar-refractivity contribution in [3.8, 4) is 5.75 Å². The number of sulfonamides is 1. The monoisotopic (exact) mass is 470 g/mol. The van der Waals surface area contributed by atoms with Crippen molar-refractivity contribution in [1.29, 1.82) is 0 Å². The van der Waals surface area contributed by atoms with Crippen molar-refractivity contribution in [1.82, 2.24) is 5.32 Å². The van der Waals surface area contributed by atoms with Gasteiger partial charge in [-0.25, -0.2) is 8.42 Å². The van der Waals surface area contributed by atoms with Crippen LogP contribution in [-0.2, 0) is 14.8 Å². The van der Waals surface area contributed by atoms with Gasteiger partial charge in [0.2, 0.25) is 15.9 Å². The van der Waals surface area contributed by atoms with Crippen LogP contribution < -0.4 is 14.4 Å². The Bertz CT molecular complexity index is 1090. The molecule has 2 aromatic carbocycles. The van der Waals surface area contributed by atoms with Gasteiger partial charge in [0.15, 0.2) is 0 Å². The van der Waals surface area contributed by atoms with E-state index in [1.54, 1.807) is 6.07 Å². The summed E-state index contributed by atoms with van der Waals surface area (Å²) < 4.78 is 31.8. The van der Waals surface area contributed by atoms with Crippen LogP contribution in [0.25, 0.3) is 0 Å². The Morgan fingerprint density at radius 1 is 1.23 bits per heavy atom. The summed E-state index contributed by atoms with van der Waals surface area (Å²) in [6, 6.07) is 9.97. The normalized spacial score (nSPS) is 17.6. The average Bonchev–Trinajstić information content (AvgIpc) is 2.61. The minimum atomic E-state index is -3.78. The summed E-state index contributed by atoms with van der Waals surface area (Å²) in [5.41, 5.74) is 1.59. The molecule has 0 fully saturated rings. The third-order valence-corrected chi connectivity index (χ3v) is 6.50. The fourth-order valence-corrected chi connectivity index (χ4v) is 4.83. The molecular formula is C21H24Cl2N2O4S. The van der Waals surface area contributed by atoms with Crippen molar-refractivity contribution >= 4 is 44.8 Å². The molecule has 0 bridgehead atoms. The molecule has 1 aliphatic heterocycles. The molecule has 30 heavy (non-hydrogen) atoms. The van der Waals surface area contributed by atoms with Crippen LogP contribution in [0.4, 0.5) is 5.69 Å². The number of hydrogen-bond donors (Lipinski definition) is 1. The Morgan fingerprint density at radius 2 is 1.93 bits per heavy atom. The second-order valence-electron chi connectivity index (χ2n) is 8.09. The molecule has 0 aromatic heterocycles. The fourth-order valence-electron chi connectivity index (χ4n) is 3.53. The van der Waals surface area contributed by atoms with Gasteiger partial charge in [0.1, 0.15) is 17.9 Å². The lowest BCUT2D eigenvalue weighted by molar-refractivity contribution is -0.120. The zero-order valence-corrected chi connectivity index (χ0v) is 19.5. The van der Waals surface area contributed by atoms with Crippen LogP contribution in [-0.4, -0.2) is 32.7 Å². The zero-order chi connectivity index (χ0) is 22.3. The molecule has 0 saturated carbocycles. The second kappa shape index (κ2) is 8.29. The number of halogens is 2. The van der Waals surface area contributed by atoms with Gasteiger partial charge >= 0.3 is 0 Å². The third kappa shape index (κ3) is 5.20. The van der Waals surface area contributed by atoms with Gasteiger partial charge in [0.05, 0.1) is 23.0 Å². The number of nitrogens with zero attached hydrogens (tertiary/aromatic N) is 1. The highest BCUT2D eigenvalue weighted by atomic mass is 35.5. The molecule has 1 atom stereocenters. The smallest absolute Gasteiger partial charge is 0.241 e. The molecule has 6 nitrogen and oxygen atoms in total. The molecule has 1 N–H and O–H groups in total. The van der Waals surface area contributed by atoms with E-state index in [9.17, 15) is 13.2 Å². The van der Waals surface area contributed by atoms with Crippen LogP contribution in [0, 0.1) is 6.92 Å². The number of hydrogen-bond acceptors (Lipinski definition) is 4. The number of rotatable bonds is 5. The van der Waals surface area contributed by atoms with Crippen molar-refractivity contribution in [3.63, 3.8) is 0 Å². The number of nitrogens with one attached hydrogen (secondary N) is 1. The Balaban J connectivity index is 1.88. The maximum atomic E-state index is 12.9. The molecule has 0 saturated heterocycles. The summed E-state index contributed by atoms with van der Waals surface area (Å²) in [4.78, 5) is 12.9. The SMILES string of the molecule is Cc1ccc2c(c1)C(NC(=O)CN(c1cc(Cl)ccc1Cl)S(C)(=O)=O)CC(C)(C)O2. The molecule has 1 heterocycles. The summed E-state index contributed by atoms with van der Waals surface area (Å²) in [7, 11) is -3.78. The first-order chi connectivity index (χ1) is 13.9. The number of ether oxygens (including phenoxy) is 1. The average molecular weight is 471 g/mol. The molecule has 2 aromatic rings. The van der Waals surface area contributed by atoms with Gasteiger partial charge in [-0.1, -0.05) is 40.9 Å². The van der Waals surface area contributed by atoms with E-state index in [-0.39, 0.29) is 16.8 Å². The molecule has 9 heteroatoms. The number of aryl methyl sites for hydroxylation is 1. The van der Waals surface area contributed by atoms with Crippen LogP contribution >= 0.6 is 23.2 Å². The van der Waals surface area contributed by atoms with Crippen LogP contribution in [0.2, 0.25) is 10.0 Å². The fraction of sp³-hybridized carbons (Fsp3) is 0.381. The summed E-state index contributed by atoms with van der Waals surface area (Å²) in [6.45, 7) is 5.44. The Labute approximate surface area is 187 Å². The number of fused-ring (bicyclic) bond motifs is 1. The first-order valence-corrected chi connectivity index (χ1v) is 12.0. The molecule has 0 radical (unpaired) electrons. The first-order valence-electron chi connectivity index (χ1n) is 9.37. The Kier molecular flexibility index (Phi) is 6.28. The lowest BCUT2D eigenvalue weighted by Gasteiger charge is -2.38. The Hall–Kier alpha value is -1.96. The van der Waals surface area contributed by atoms with Gasteiger partial charge < -0.3 is 10.1 Å². The van der Waals surface area contributed by atoms with Crippen LogP contribution in [0.5, 0.6) is 5.75 Å². The molecule has 1 amide bonds. The molecule has 0 aliphatic carbocycles. The maximum Gasteiger partial charge on any atom is 0.241 e. The van der Waals surface area contributed by atoms with Gasteiger partial charge in [-0.15, -0.1) is 0 Å².